The zero-order valence-electron chi connectivity index (χ0n) is 2.17. The van der Waals surface area contributed by atoms with Crippen LogP contribution in [0.2, 0.25) is 0 Å². The van der Waals surface area contributed by atoms with E-state index in [1.54, 1.807) is 0 Å². The minimum Gasteiger partial charge on any atom is -1.00 e. The van der Waals surface area contributed by atoms with Gasteiger partial charge in [-0.1, -0.05) is 0 Å². The van der Waals surface area contributed by atoms with Gasteiger partial charge in [-0.25, -0.2) is 0 Å². The van der Waals surface area contributed by atoms with Crippen LogP contribution in [-0.4, -0.2) is 86.6 Å². The largest absolute Gasteiger partial charge is 2.00 e. The Morgan fingerprint density at radius 3 is 0.750 bits per heavy atom. The van der Waals surface area contributed by atoms with E-state index in [4.69, 9.17) is 0 Å². The van der Waals surface area contributed by atoms with Crippen LogP contribution >= 0.6 is 0 Å². The molecule has 0 saturated carbocycles. The summed E-state index contributed by atoms with van der Waals surface area (Å²) in [7, 11) is 0. The van der Waals surface area contributed by atoms with Crippen LogP contribution in [0.1, 0.15) is 0 Å². The number of rotatable bonds is 0. The molecule has 0 bridgehead atoms. The van der Waals surface area contributed by atoms with Gasteiger partial charge in [0.1, 0.15) is 0 Å². The van der Waals surface area contributed by atoms with Crippen LogP contribution in [0, 0.1) is 0 Å². The molecule has 0 aromatic carbocycles. The van der Waals surface area contributed by atoms with Crippen molar-refractivity contribution in [2.75, 3.05) is 0 Å². The molecular formula is BaCaCl2+2. The Kier molecular flexibility index (Phi) is 106. The predicted octanol–water partition coefficient (Wildman–Crippen LogP) is -6.75. The topological polar surface area (TPSA) is 0 Å². The van der Waals surface area contributed by atoms with E-state index in [-0.39, 0.29) is 111 Å². The third-order valence-electron chi connectivity index (χ3n) is 0. The fraction of sp³-hybridized carbons (Fsp3) is 0. The first-order valence-electron chi connectivity index (χ1n) is 0. The maximum absolute atomic E-state index is 0. The molecule has 0 aromatic rings. The zero-order chi connectivity index (χ0) is 0. The molecule has 16 valence electrons. The van der Waals surface area contributed by atoms with E-state index < -0.39 is 0 Å². The predicted molar refractivity (Wildman–Crippen MR) is 11.5 cm³/mol. The van der Waals surface area contributed by atoms with Crippen LogP contribution in [0.3, 0.4) is 0 Å². The maximum atomic E-state index is 0. The first-order chi connectivity index (χ1) is 0. The Morgan fingerprint density at radius 1 is 0.750 bits per heavy atom. The molecule has 0 aromatic heterocycles. The van der Waals surface area contributed by atoms with Crippen LogP contribution in [-0.2, 0) is 0 Å². The molecule has 0 N–H and O–H groups in total. The van der Waals surface area contributed by atoms with Crippen LogP contribution in [0.25, 0.3) is 0 Å². The second kappa shape index (κ2) is 16.1. The van der Waals surface area contributed by atoms with Gasteiger partial charge in [-0.15, -0.1) is 0 Å². The summed E-state index contributed by atoms with van der Waals surface area (Å²) in [6.45, 7) is 0. The number of halogens is 2. The molecule has 0 heterocycles. The van der Waals surface area contributed by atoms with Gasteiger partial charge >= 0.3 is 86.6 Å². The second-order valence-electron chi connectivity index (χ2n) is 0. The second-order valence-corrected chi connectivity index (χ2v) is 0. The molecule has 0 aliphatic carbocycles. The normalized spacial score (nSPS) is 0. The van der Waals surface area contributed by atoms with Crippen molar-refractivity contribution in [3.05, 3.63) is 0 Å². The van der Waals surface area contributed by atoms with Crippen molar-refractivity contribution in [3.63, 3.8) is 0 Å². The van der Waals surface area contributed by atoms with E-state index >= 15 is 0 Å². The van der Waals surface area contributed by atoms with Crippen LogP contribution in [0.15, 0.2) is 0 Å². The van der Waals surface area contributed by atoms with Gasteiger partial charge in [-0.05, 0) is 0 Å². The Morgan fingerprint density at radius 2 is 0.750 bits per heavy atom. The van der Waals surface area contributed by atoms with Crippen molar-refractivity contribution in [1.29, 1.82) is 0 Å². The van der Waals surface area contributed by atoms with Crippen molar-refractivity contribution in [2.24, 2.45) is 0 Å². The standard InChI is InChI=1S/Ba.Ca.2ClH/h;;2*1H/q2*+2;;/p-2. The van der Waals surface area contributed by atoms with Gasteiger partial charge in [-0.3, -0.25) is 0 Å². The summed E-state index contributed by atoms with van der Waals surface area (Å²) < 4.78 is 0. The van der Waals surface area contributed by atoms with Gasteiger partial charge in [0.15, 0.2) is 0 Å². The van der Waals surface area contributed by atoms with E-state index in [0.29, 0.717) is 0 Å². The van der Waals surface area contributed by atoms with Gasteiger partial charge in [0.05, 0.1) is 0 Å². The van der Waals surface area contributed by atoms with Crippen LogP contribution in [0.5, 0.6) is 0 Å². The third-order valence-corrected chi connectivity index (χ3v) is 0. The molecule has 0 aliphatic heterocycles. The monoisotopic (exact) mass is 248 g/mol. The van der Waals surface area contributed by atoms with Gasteiger partial charge in [-0.2, -0.15) is 0 Å². The van der Waals surface area contributed by atoms with Crippen molar-refractivity contribution < 1.29 is 24.8 Å². The quantitative estimate of drug-likeness (QED) is 0.374. The fourth-order valence-corrected chi connectivity index (χ4v) is 0. The summed E-state index contributed by atoms with van der Waals surface area (Å²) in [5.41, 5.74) is 0. The molecule has 0 fully saturated rings. The molecule has 0 amide bonds. The van der Waals surface area contributed by atoms with E-state index in [0.717, 1.165) is 0 Å². The molecule has 0 spiro atoms. The Balaban J connectivity index is 0. The SMILES string of the molecule is [Ba+2].[Ca+2].[Cl-].[Cl-]. The molecule has 0 radical (unpaired) electrons. The van der Waals surface area contributed by atoms with Crippen LogP contribution in [0.4, 0.5) is 0 Å². The average molecular weight is 248 g/mol. The number of hydrogen-bond acceptors (Lipinski definition) is 0. The van der Waals surface area contributed by atoms with E-state index in [1.165, 1.54) is 0 Å². The minimum absolute atomic E-state index is 0. The molecule has 0 atom stereocenters. The van der Waals surface area contributed by atoms with Crippen molar-refractivity contribution in [3.8, 4) is 0 Å². The third kappa shape index (κ3) is 9.05. The number of hydrogen-bond donors (Lipinski definition) is 0. The molecule has 0 nitrogen and oxygen atoms in total. The zero-order valence-corrected chi connectivity index (χ0v) is 10.3. The molecule has 0 aliphatic rings. The molecule has 4 heavy (non-hydrogen) atoms. The summed E-state index contributed by atoms with van der Waals surface area (Å²) in [6, 6.07) is 0. The molecule has 0 saturated heterocycles. The molecule has 4 heteroatoms. The van der Waals surface area contributed by atoms with Crippen LogP contribution < -0.4 is 24.8 Å². The minimum atomic E-state index is 0. The average Bonchev–Trinajstić information content (AvgIpc) is 0. The Hall–Kier alpha value is 3.41. The van der Waals surface area contributed by atoms with Crippen molar-refractivity contribution in [2.45, 2.75) is 0 Å². The smallest absolute Gasteiger partial charge is 1.00 e. The van der Waals surface area contributed by atoms with Gasteiger partial charge in [0, 0.05) is 0 Å². The molecular weight excluding hydrogens is 248 g/mol. The summed E-state index contributed by atoms with van der Waals surface area (Å²) in [5, 5.41) is 0. The summed E-state index contributed by atoms with van der Waals surface area (Å²) >= 11 is 0. The van der Waals surface area contributed by atoms with E-state index in [9.17, 15) is 0 Å². The van der Waals surface area contributed by atoms with Gasteiger partial charge in [0.25, 0.3) is 0 Å². The fourth-order valence-electron chi connectivity index (χ4n) is 0. The summed E-state index contributed by atoms with van der Waals surface area (Å²) in [4.78, 5) is 0. The molecule has 0 unspecified atom stereocenters. The van der Waals surface area contributed by atoms with Gasteiger partial charge in [0.2, 0.25) is 0 Å². The Labute approximate surface area is 108 Å². The van der Waals surface area contributed by atoms with E-state index in [2.05, 4.69) is 0 Å². The van der Waals surface area contributed by atoms with E-state index in [1.807, 2.05) is 0 Å². The Bertz CT molecular complexity index is 6.00. The summed E-state index contributed by atoms with van der Waals surface area (Å²) in [5.74, 6) is 0. The maximum Gasteiger partial charge on any atom is 2.00 e. The van der Waals surface area contributed by atoms with Crippen molar-refractivity contribution in [1.82, 2.24) is 0 Å². The van der Waals surface area contributed by atoms with Gasteiger partial charge < -0.3 is 24.8 Å². The van der Waals surface area contributed by atoms with Crippen molar-refractivity contribution >= 4 is 86.6 Å². The first-order valence-corrected chi connectivity index (χ1v) is 0. The first kappa shape index (κ1) is 26.2. The molecule has 0 rings (SSSR count). The summed E-state index contributed by atoms with van der Waals surface area (Å²) in [6.07, 6.45) is 0.